The summed E-state index contributed by atoms with van der Waals surface area (Å²) in [5, 5.41) is 0. The van der Waals surface area contributed by atoms with E-state index in [4.69, 9.17) is 4.65 Å². The number of rotatable bonds is 9. The van der Waals surface area contributed by atoms with Gasteiger partial charge in [-0.15, -0.1) is 0 Å². The zero-order valence-electron chi connectivity index (χ0n) is 11.0. The first kappa shape index (κ1) is 14.6. The molecule has 0 spiro atoms. The summed E-state index contributed by atoms with van der Waals surface area (Å²) in [5.41, 5.74) is 0. The van der Waals surface area contributed by atoms with Crippen LogP contribution in [0.3, 0.4) is 0 Å². The lowest BCUT2D eigenvalue weighted by Gasteiger charge is -2.19. The lowest BCUT2D eigenvalue weighted by Crippen LogP contribution is -2.18. The molecule has 0 saturated carbocycles. The molecule has 2 heteroatoms. The maximum atomic E-state index is 5.92. The van der Waals surface area contributed by atoms with Crippen LogP contribution in [0, 0.1) is 5.92 Å². The van der Waals surface area contributed by atoms with Gasteiger partial charge in [0, 0.05) is 5.92 Å². The topological polar surface area (TPSA) is 9.23 Å². The molecule has 0 fully saturated rings. The van der Waals surface area contributed by atoms with Gasteiger partial charge in [0.2, 0.25) is 0 Å². The van der Waals surface area contributed by atoms with E-state index in [1.54, 1.807) is 0 Å². The molecular formula is C13H27BO. The molecule has 0 aliphatic heterocycles. The molecule has 0 aliphatic carbocycles. The molecule has 1 nitrogen and oxygen atoms in total. The van der Waals surface area contributed by atoms with Crippen molar-refractivity contribution in [1.82, 2.24) is 0 Å². The third-order valence-electron chi connectivity index (χ3n) is 2.72. The predicted octanol–water partition coefficient (Wildman–Crippen LogP) is 4.76. The first-order valence-electron chi connectivity index (χ1n) is 6.47. The molecule has 0 radical (unpaired) electrons. The summed E-state index contributed by atoms with van der Waals surface area (Å²) >= 11 is 0. The molecule has 0 unspecified atom stereocenters. The molecule has 0 bridgehead atoms. The SMILES string of the molecule is C=C(OB(CCCC)CCCC)C(C)C. The van der Waals surface area contributed by atoms with Crippen LogP contribution >= 0.6 is 0 Å². The fourth-order valence-electron chi connectivity index (χ4n) is 1.48. The minimum Gasteiger partial charge on any atom is -0.564 e. The van der Waals surface area contributed by atoms with E-state index in [0.29, 0.717) is 12.8 Å². The van der Waals surface area contributed by atoms with E-state index < -0.39 is 0 Å². The Morgan fingerprint density at radius 1 is 1.13 bits per heavy atom. The molecule has 0 amide bonds. The fourth-order valence-corrected chi connectivity index (χ4v) is 1.48. The summed E-state index contributed by atoms with van der Waals surface area (Å²) in [7, 11) is 0. The number of hydrogen-bond donors (Lipinski definition) is 0. The van der Waals surface area contributed by atoms with Gasteiger partial charge in [0.1, 0.15) is 0 Å². The van der Waals surface area contributed by atoms with Crippen molar-refractivity contribution in [3.8, 4) is 0 Å². The molecule has 0 heterocycles. The number of hydrogen-bond acceptors (Lipinski definition) is 1. The Balaban J connectivity index is 3.93. The predicted molar refractivity (Wildman–Crippen MR) is 70.2 cm³/mol. The summed E-state index contributed by atoms with van der Waals surface area (Å²) in [5.74, 6) is 1.39. The van der Waals surface area contributed by atoms with Gasteiger partial charge in [0.05, 0.1) is 5.76 Å². The molecule has 0 aromatic heterocycles. The van der Waals surface area contributed by atoms with Crippen molar-refractivity contribution in [1.29, 1.82) is 0 Å². The van der Waals surface area contributed by atoms with E-state index in [1.807, 2.05) is 0 Å². The van der Waals surface area contributed by atoms with Crippen molar-refractivity contribution in [2.75, 3.05) is 0 Å². The highest BCUT2D eigenvalue weighted by Crippen LogP contribution is 2.17. The van der Waals surface area contributed by atoms with Crippen LogP contribution in [0.25, 0.3) is 0 Å². The summed E-state index contributed by atoms with van der Waals surface area (Å²) in [6, 6.07) is 0. The fraction of sp³-hybridized carbons (Fsp3) is 0.846. The molecular weight excluding hydrogens is 183 g/mol. The average molecular weight is 210 g/mol. The third-order valence-corrected chi connectivity index (χ3v) is 2.72. The van der Waals surface area contributed by atoms with E-state index in [1.165, 1.54) is 38.3 Å². The highest BCUT2D eigenvalue weighted by atomic mass is 16.4. The average Bonchev–Trinajstić information content (AvgIpc) is 2.21. The van der Waals surface area contributed by atoms with Gasteiger partial charge < -0.3 is 4.65 Å². The first-order chi connectivity index (χ1) is 7.11. The Bertz CT molecular complexity index is 158. The Morgan fingerprint density at radius 2 is 1.60 bits per heavy atom. The minimum absolute atomic E-state index is 0.403. The highest BCUT2D eigenvalue weighted by Gasteiger charge is 2.17. The molecule has 0 saturated heterocycles. The molecule has 88 valence electrons. The Kier molecular flexibility index (Phi) is 8.64. The Labute approximate surface area is 96.4 Å². The minimum atomic E-state index is 0.403. The van der Waals surface area contributed by atoms with E-state index in [0.717, 1.165) is 5.76 Å². The second-order valence-electron chi connectivity index (χ2n) is 4.65. The smallest absolute Gasteiger partial charge is 0.357 e. The van der Waals surface area contributed by atoms with Gasteiger partial charge in [-0.2, -0.15) is 0 Å². The second kappa shape index (κ2) is 8.88. The zero-order chi connectivity index (χ0) is 11.7. The van der Waals surface area contributed by atoms with Crippen LogP contribution in [-0.2, 0) is 4.65 Å². The number of allylic oxidation sites excluding steroid dienone is 1. The molecule has 15 heavy (non-hydrogen) atoms. The quantitative estimate of drug-likeness (QED) is 0.393. The summed E-state index contributed by atoms with van der Waals surface area (Å²) in [6.07, 6.45) is 7.39. The van der Waals surface area contributed by atoms with Gasteiger partial charge in [-0.3, -0.25) is 0 Å². The summed E-state index contributed by atoms with van der Waals surface area (Å²) in [4.78, 5) is 0. The Morgan fingerprint density at radius 3 is 1.93 bits per heavy atom. The summed E-state index contributed by atoms with van der Waals surface area (Å²) in [6.45, 7) is 13.1. The van der Waals surface area contributed by atoms with Crippen LogP contribution in [0.1, 0.15) is 53.4 Å². The van der Waals surface area contributed by atoms with E-state index >= 15 is 0 Å². The molecule has 0 N–H and O–H groups in total. The lowest BCUT2D eigenvalue weighted by atomic mass is 9.59. The van der Waals surface area contributed by atoms with Crippen LogP contribution < -0.4 is 0 Å². The maximum Gasteiger partial charge on any atom is 0.357 e. The third kappa shape index (κ3) is 7.52. The van der Waals surface area contributed by atoms with Crippen molar-refractivity contribution in [2.45, 2.75) is 66.0 Å². The largest absolute Gasteiger partial charge is 0.564 e. The van der Waals surface area contributed by atoms with Crippen molar-refractivity contribution >= 4 is 6.92 Å². The van der Waals surface area contributed by atoms with Gasteiger partial charge >= 0.3 is 6.92 Å². The van der Waals surface area contributed by atoms with Crippen molar-refractivity contribution < 1.29 is 4.65 Å². The zero-order valence-corrected chi connectivity index (χ0v) is 11.0. The Hall–Kier alpha value is -0.395. The van der Waals surface area contributed by atoms with Gasteiger partial charge in [-0.1, -0.05) is 60.0 Å². The molecule has 0 aromatic rings. The normalized spacial score (nSPS) is 10.5. The highest BCUT2D eigenvalue weighted by molar-refractivity contribution is 6.52. The lowest BCUT2D eigenvalue weighted by molar-refractivity contribution is 0.370. The maximum absolute atomic E-state index is 5.92. The molecule has 0 atom stereocenters. The van der Waals surface area contributed by atoms with Gasteiger partial charge in [0.25, 0.3) is 0 Å². The van der Waals surface area contributed by atoms with Gasteiger partial charge in [-0.25, -0.2) is 0 Å². The van der Waals surface area contributed by atoms with Crippen molar-refractivity contribution in [2.24, 2.45) is 5.92 Å². The molecule has 0 aromatic carbocycles. The first-order valence-corrected chi connectivity index (χ1v) is 6.47. The van der Waals surface area contributed by atoms with E-state index in [2.05, 4.69) is 34.3 Å². The summed E-state index contributed by atoms with van der Waals surface area (Å²) < 4.78 is 5.92. The number of unbranched alkanes of at least 4 members (excludes halogenated alkanes) is 2. The standard InChI is InChI=1S/C13H27BO/c1-6-8-10-14(11-9-7-2)15-13(5)12(3)4/h12H,5-11H2,1-4H3. The van der Waals surface area contributed by atoms with Crippen LogP contribution in [0.2, 0.25) is 12.6 Å². The van der Waals surface area contributed by atoms with Gasteiger partial charge in [-0.05, 0) is 12.6 Å². The van der Waals surface area contributed by atoms with E-state index in [9.17, 15) is 0 Å². The van der Waals surface area contributed by atoms with Crippen molar-refractivity contribution in [3.05, 3.63) is 12.3 Å². The van der Waals surface area contributed by atoms with Crippen LogP contribution in [0.4, 0.5) is 0 Å². The van der Waals surface area contributed by atoms with Crippen LogP contribution in [0.15, 0.2) is 12.3 Å². The van der Waals surface area contributed by atoms with Crippen LogP contribution in [-0.4, -0.2) is 6.92 Å². The van der Waals surface area contributed by atoms with Crippen molar-refractivity contribution in [3.63, 3.8) is 0 Å². The second-order valence-corrected chi connectivity index (χ2v) is 4.65. The molecule has 0 aliphatic rings. The van der Waals surface area contributed by atoms with Crippen LogP contribution in [0.5, 0.6) is 0 Å². The monoisotopic (exact) mass is 210 g/mol. The van der Waals surface area contributed by atoms with Gasteiger partial charge in [0.15, 0.2) is 0 Å². The molecule has 0 rings (SSSR count). The van der Waals surface area contributed by atoms with E-state index in [-0.39, 0.29) is 0 Å².